The summed E-state index contributed by atoms with van der Waals surface area (Å²) in [5, 5.41) is 16.9. The van der Waals surface area contributed by atoms with Gasteiger partial charge < -0.3 is 9.51 Å². The molecule has 1 aliphatic heterocycles. The van der Waals surface area contributed by atoms with Gasteiger partial charge in [-0.3, -0.25) is 0 Å². The Morgan fingerprint density at radius 1 is 1.16 bits per heavy atom. The molecule has 0 radical (unpaired) electrons. The van der Waals surface area contributed by atoms with Crippen molar-refractivity contribution in [2.24, 2.45) is 9.63 Å². The lowest BCUT2D eigenvalue weighted by atomic mass is 10.3. The third kappa shape index (κ3) is 2.13. The van der Waals surface area contributed by atoms with Crippen molar-refractivity contribution in [3.63, 3.8) is 0 Å². The smallest absolute Gasteiger partial charge is 0.162 e. The van der Waals surface area contributed by atoms with Gasteiger partial charge >= 0.3 is 0 Å². The van der Waals surface area contributed by atoms with E-state index in [4.69, 9.17) is 9.04 Å². The van der Waals surface area contributed by atoms with Crippen molar-refractivity contribution in [1.82, 2.24) is 24.7 Å². The van der Waals surface area contributed by atoms with Gasteiger partial charge in [0.2, 0.25) is 0 Å². The molecule has 11 heteroatoms. The molecule has 5 rings (SSSR count). The summed E-state index contributed by atoms with van der Waals surface area (Å²) in [5.74, 6) is 0. The van der Waals surface area contributed by atoms with Crippen LogP contribution in [0.25, 0.3) is 10.6 Å². The number of aromatic nitrogens is 5. The zero-order valence-corrected chi connectivity index (χ0v) is 14.9. The molecule has 1 unspecified atom stereocenters. The molecular weight excluding hydrogens is 378 g/mol. The molecule has 0 aromatic carbocycles. The molecule has 124 valence electrons. The lowest BCUT2D eigenvalue weighted by molar-refractivity contribution is 0.393. The first-order chi connectivity index (χ1) is 12.4. The number of rotatable bonds is 4. The fourth-order valence-electron chi connectivity index (χ4n) is 2.59. The van der Waals surface area contributed by atoms with E-state index in [9.17, 15) is 0 Å². The fourth-order valence-corrected chi connectivity index (χ4v) is 7.46. The quantitative estimate of drug-likeness (QED) is 0.557. The second-order valence-electron chi connectivity index (χ2n) is 4.95. The van der Waals surface area contributed by atoms with E-state index in [0.29, 0.717) is 11.4 Å². The molecule has 25 heavy (non-hydrogen) atoms. The topological polar surface area (TPSA) is 105 Å². The van der Waals surface area contributed by atoms with Gasteiger partial charge in [-0.15, -0.1) is 26.1 Å². The summed E-state index contributed by atoms with van der Waals surface area (Å²) in [5.41, 5.74) is 1.96. The number of hydrogen-bond acceptors (Lipinski definition) is 9. The van der Waals surface area contributed by atoms with Gasteiger partial charge in [0.15, 0.2) is 16.3 Å². The van der Waals surface area contributed by atoms with Crippen LogP contribution >= 0.6 is 33.1 Å². The van der Waals surface area contributed by atoms with Crippen LogP contribution in [-0.4, -0.2) is 24.7 Å². The van der Waals surface area contributed by atoms with Gasteiger partial charge in [-0.25, -0.2) is 4.98 Å². The number of hydrogen-bond donors (Lipinski definition) is 1. The predicted molar refractivity (Wildman–Crippen MR) is 95.1 cm³/mol. The van der Waals surface area contributed by atoms with Crippen molar-refractivity contribution >= 4 is 43.7 Å². The van der Waals surface area contributed by atoms with Crippen LogP contribution in [0.5, 0.6) is 0 Å². The Labute approximate surface area is 151 Å². The Balaban J connectivity index is 1.86. The van der Waals surface area contributed by atoms with Crippen LogP contribution in [0.1, 0.15) is 11.4 Å². The number of nitrogens with one attached hydrogen (secondary N) is 1. The summed E-state index contributed by atoms with van der Waals surface area (Å²) in [6, 6.07) is 5.91. The average molecular weight is 387 g/mol. The molecule has 1 atom stereocenters. The molecule has 1 aliphatic rings. The van der Waals surface area contributed by atoms with Crippen LogP contribution in [0.3, 0.4) is 0 Å². The maximum Gasteiger partial charge on any atom is 0.162 e. The van der Waals surface area contributed by atoms with Gasteiger partial charge in [-0.2, -0.15) is 4.37 Å². The van der Waals surface area contributed by atoms with E-state index in [0.717, 1.165) is 20.0 Å². The first-order valence-corrected chi connectivity index (χ1v) is 10.4. The normalized spacial score (nSPS) is 22.4. The third-order valence-electron chi connectivity index (χ3n) is 3.60. The Morgan fingerprint density at radius 3 is 2.84 bits per heavy atom. The Bertz CT molecular complexity index is 1000. The molecule has 0 spiro atoms. The van der Waals surface area contributed by atoms with E-state index in [-0.39, 0.29) is 0 Å². The summed E-state index contributed by atoms with van der Waals surface area (Å²) >= 11 is 2.93. The predicted octanol–water partition coefficient (Wildman–Crippen LogP) is 4.44. The minimum absolute atomic E-state index is 0.532. The van der Waals surface area contributed by atoms with Crippen LogP contribution in [0.15, 0.2) is 71.1 Å². The fraction of sp³-hybridized carbons (Fsp3) is 0. The first-order valence-electron chi connectivity index (χ1n) is 7.11. The average Bonchev–Trinajstić information content (AvgIpc) is 3.49. The first kappa shape index (κ1) is 14.7. The maximum atomic E-state index is 4.92. The SMILES string of the molecule is c1c[nH]c(S2(c3nccs3)N=NC(c3conn3)=C2c2ccsn2)c1. The van der Waals surface area contributed by atoms with Gasteiger partial charge in [0.05, 0.1) is 15.6 Å². The van der Waals surface area contributed by atoms with E-state index < -0.39 is 10.2 Å². The van der Waals surface area contributed by atoms with E-state index in [1.807, 2.05) is 35.2 Å². The number of aromatic amines is 1. The van der Waals surface area contributed by atoms with E-state index in [1.165, 1.54) is 17.8 Å². The molecule has 0 saturated carbocycles. The molecular formula is C14H9N7OS3. The Hall–Kier alpha value is -2.63. The van der Waals surface area contributed by atoms with E-state index >= 15 is 0 Å². The minimum Gasteiger partial charge on any atom is -0.356 e. The highest BCUT2D eigenvalue weighted by molar-refractivity contribution is 8.41. The van der Waals surface area contributed by atoms with E-state index in [1.54, 1.807) is 17.5 Å². The lowest BCUT2D eigenvalue weighted by Gasteiger charge is -2.29. The van der Waals surface area contributed by atoms with Gasteiger partial charge in [0.1, 0.15) is 5.70 Å². The molecule has 8 nitrogen and oxygen atoms in total. The second-order valence-corrected chi connectivity index (χ2v) is 9.32. The highest BCUT2D eigenvalue weighted by Gasteiger charge is 2.45. The molecule has 5 heterocycles. The van der Waals surface area contributed by atoms with Crippen molar-refractivity contribution in [3.05, 3.63) is 59.0 Å². The minimum atomic E-state index is -2.05. The number of nitrogens with zero attached hydrogens (tertiary/aromatic N) is 6. The molecule has 0 bridgehead atoms. The zero-order valence-electron chi connectivity index (χ0n) is 12.4. The van der Waals surface area contributed by atoms with Gasteiger partial charge in [0.25, 0.3) is 0 Å². The lowest BCUT2D eigenvalue weighted by Crippen LogP contribution is -2.02. The van der Waals surface area contributed by atoms with Crippen molar-refractivity contribution in [1.29, 1.82) is 0 Å². The molecule has 0 fully saturated rings. The largest absolute Gasteiger partial charge is 0.356 e. The van der Waals surface area contributed by atoms with Crippen molar-refractivity contribution in [2.45, 2.75) is 9.37 Å². The molecule has 1 N–H and O–H groups in total. The van der Waals surface area contributed by atoms with Gasteiger partial charge in [0, 0.05) is 38.6 Å². The highest BCUT2D eigenvalue weighted by Crippen LogP contribution is 2.76. The molecule has 0 amide bonds. The summed E-state index contributed by atoms with van der Waals surface area (Å²) in [4.78, 5) is 8.75. The van der Waals surface area contributed by atoms with Gasteiger partial charge in [-0.05, 0) is 29.7 Å². The van der Waals surface area contributed by atoms with Crippen LogP contribution in [-0.2, 0) is 0 Å². The second kappa shape index (κ2) is 5.72. The summed E-state index contributed by atoms with van der Waals surface area (Å²) < 4.78 is 15.1. The Morgan fingerprint density at radius 2 is 2.16 bits per heavy atom. The van der Waals surface area contributed by atoms with E-state index in [2.05, 4.69) is 29.8 Å². The zero-order chi connectivity index (χ0) is 16.7. The summed E-state index contributed by atoms with van der Waals surface area (Å²) in [7, 11) is -2.05. The maximum absolute atomic E-state index is 4.92. The highest BCUT2D eigenvalue weighted by atomic mass is 32.3. The van der Waals surface area contributed by atoms with Crippen LogP contribution in [0.4, 0.5) is 0 Å². The summed E-state index contributed by atoms with van der Waals surface area (Å²) in [6.07, 6.45) is 5.12. The molecule has 0 saturated heterocycles. The van der Waals surface area contributed by atoms with Crippen LogP contribution in [0.2, 0.25) is 0 Å². The molecule has 0 aliphatic carbocycles. The van der Waals surface area contributed by atoms with Crippen LogP contribution in [0, 0.1) is 0 Å². The molecule has 4 aromatic rings. The van der Waals surface area contributed by atoms with Crippen molar-refractivity contribution in [3.8, 4) is 0 Å². The van der Waals surface area contributed by atoms with Gasteiger partial charge in [-0.1, -0.05) is 0 Å². The Kier molecular flexibility index (Phi) is 3.36. The standard InChI is InChI=1S/C14H9N7OS3/c1-2-11(15-4-1)25(14-16-5-7-23-14)13(9-3-6-24-19-9)12(18-21-25)10-8-22-20-17-10/h1-8,15H. The monoisotopic (exact) mass is 387 g/mol. The third-order valence-corrected chi connectivity index (χ3v) is 8.56. The number of thiazole rings is 1. The summed E-state index contributed by atoms with van der Waals surface area (Å²) in [6.45, 7) is 0. The van der Waals surface area contributed by atoms with Crippen molar-refractivity contribution in [2.75, 3.05) is 0 Å². The van der Waals surface area contributed by atoms with Crippen molar-refractivity contribution < 1.29 is 4.52 Å². The number of H-pyrrole nitrogens is 1. The van der Waals surface area contributed by atoms with Crippen LogP contribution < -0.4 is 0 Å². The molecule has 4 aromatic heterocycles.